The summed E-state index contributed by atoms with van der Waals surface area (Å²) >= 11 is 0. The number of ether oxygens (including phenoxy) is 1. The van der Waals surface area contributed by atoms with Gasteiger partial charge in [0, 0.05) is 6.42 Å². The second kappa shape index (κ2) is 3.14. The first kappa shape index (κ1) is 7.71. The zero-order chi connectivity index (χ0) is 8.27. The van der Waals surface area contributed by atoms with Gasteiger partial charge in [0.25, 0.3) is 0 Å². The monoisotopic (exact) mass is 156 g/mol. The second-order valence-corrected chi connectivity index (χ2v) is 1.94. The third-order valence-corrected chi connectivity index (χ3v) is 0.999. The molecule has 0 N–H and O–H groups in total. The van der Waals surface area contributed by atoms with Crippen molar-refractivity contribution in [3.8, 4) is 6.08 Å². The maximum Gasteiger partial charge on any atom is 0.425 e. The molecular weight excluding hydrogens is 148 g/mol. The van der Waals surface area contributed by atoms with E-state index in [-0.39, 0.29) is 12.0 Å². The van der Waals surface area contributed by atoms with Crippen LogP contribution >= 0.6 is 0 Å². The molecule has 0 radical (unpaired) electrons. The van der Waals surface area contributed by atoms with Crippen LogP contribution < -0.4 is 4.74 Å². The van der Waals surface area contributed by atoms with E-state index in [2.05, 4.69) is 19.4 Å². The van der Waals surface area contributed by atoms with E-state index in [4.69, 9.17) is 0 Å². The van der Waals surface area contributed by atoms with Gasteiger partial charge >= 0.3 is 12.0 Å². The molecule has 0 aliphatic carbocycles. The Kier molecular flexibility index (Phi) is 2.20. The number of hydrogen-bond acceptors (Lipinski definition) is 5. The zero-order valence-corrected chi connectivity index (χ0v) is 6.33. The Bertz CT molecular complexity index is 256. The second-order valence-electron chi connectivity index (χ2n) is 1.94. The molecular formula is C6H8N2O3. The molecule has 0 aliphatic rings. The van der Waals surface area contributed by atoms with E-state index in [1.165, 1.54) is 0 Å². The molecule has 5 nitrogen and oxygen atoms in total. The molecule has 0 amide bonds. The molecule has 1 heterocycles. The van der Waals surface area contributed by atoms with Gasteiger partial charge in [-0.05, 0) is 6.92 Å². The number of nitrogens with zero attached hydrogens (tertiary/aromatic N) is 2. The lowest BCUT2D eigenvalue weighted by Crippen LogP contribution is -2.05. The van der Waals surface area contributed by atoms with Crippen molar-refractivity contribution in [2.75, 3.05) is 0 Å². The van der Waals surface area contributed by atoms with E-state index in [0.29, 0.717) is 12.2 Å². The molecule has 11 heavy (non-hydrogen) atoms. The molecule has 0 atom stereocenters. The van der Waals surface area contributed by atoms with Crippen molar-refractivity contribution in [3.05, 3.63) is 5.82 Å². The Morgan fingerprint density at radius 2 is 2.45 bits per heavy atom. The first-order valence-corrected chi connectivity index (χ1v) is 3.23. The van der Waals surface area contributed by atoms with Crippen molar-refractivity contribution in [3.63, 3.8) is 0 Å². The van der Waals surface area contributed by atoms with E-state index >= 15 is 0 Å². The van der Waals surface area contributed by atoms with Gasteiger partial charge in [0.05, 0.1) is 0 Å². The first-order valence-electron chi connectivity index (χ1n) is 3.23. The quantitative estimate of drug-likeness (QED) is 0.589. The molecule has 0 spiro atoms. The lowest BCUT2D eigenvalue weighted by Gasteiger charge is -1.91. The maximum absolute atomic E-state index is 10.6. The van der Waals surface area contributed by atoms with Crippen LogP contribution in [0.2, 0.25) is 0 Å². The standard InChI is InChI=1S/C6H8N2O3/c1-3-5(9)10-6-7-4(2)8-11-6/h3H2,1-2H3. The first-order chi connectivity index (χ1) is 5.22. The topological polar surface area (TPSA) is 65.2 Å². The molecule has 5 heteroatoms. The summed E-state index contributed by atoms with van der Waals surface area (Å²) in [6.45, 7) is 3.33. The molecule has 1 aromatic heterocycles. The summed E-state index contributed by atoms with van der Waals surface area (Å²) in [5, 5.41) is 3.44. The van der Waals surface area contributed by atoms with Crippen molar-refractivity contribution in [2.45, 2.75) is 20.3 Å². The van der Waals surface area contributed by atoms with E-state index < -0.39 is 0 Å². The molecule has 0 aromatic carbocycles. The predicted octanol–water partition coefficient (Wildman–Crippen LogP) is 0.693. The summed E-state index contributed by atoms with van der Waals surface area (Å²) < 4.78 is 9.14. The highest BCUT2D eigenvalue weighted by atomic mass is 16.7. The Labute approximate surface area is 63.4 Å². The van der Waals surface area contributed by atoms with E-state index in [1.54, 1.807) is 13.8 Å². The summed E-state index contributed by atoms with van der Waals surface area (Å²) in [4.78, 5) is 14.3. The molecule has 1 rings (SSSR count). The van der Waals surface area contributed by atoms with Crippen LogP contribution in [0.15, 0.2) is 4.52 Å². The van der Waals surface area contributed by atoms with Crippen LogP contribution in [0, 0.1) is 6.92 Å². The van der Waals surface area contributed by atoms with Crippen LogP contribution in [0.4, 0.5) is 0 Å². The summed E-state index contributed by atoms with van der Waals surface area (Å²) in [5.74, 6) is 0.0672. The fourth-order valence-corrected chi connectivity index (χ4v) is 0.489. The molecule has 0 unspecified atom stereocenters. The lowest BCUT2D eigenvalue weighted by atomic mass is 10.5. The zero-order valence-electron chi connectivity index (χ0n) is 6.33. The Balaban J connectivity index is 2.57. The molecule has 0 bridgehead atoms. The van der Waals surface area contributed by atoms with Crippen molar-refractivity contribution >= 4 is 5.97 Å². The molecule has 0 saturated carbocycles. The average Bonchev–Trinajstić information content (AvgIpc) is 2.35. The van der Waals surface area contributed by atoms with Crippen LogP contribution in [0.25, 0.3) is 0 Å². The number of rotatable bonds is 2. The summed E-state index contributed by atoms with van der Waals surface area (Å²) in [5.41, 5.74) is 0. The minimum atomic E-state index is -0.381. The fraction of sp³-hybridized carbons (Fsp3) is 0.500. The Morgan fingerprint density at radius 3 is 2.91 bits per heavy atom. The average molecular weight is 156 g/mol. The van der Waals surface area contributed by atoms with Gasteiger partial charge < -0.3 is 4.74 Å². The Hall–Kier alpha value is -1.39. The van der Waals surface area contributed by atoms with Gasteiger partial charge in [0.15, 0.2) is 5.82 Å². The third-order valence-electron chi connectivity index (χ3n) is 0.999. The highest BCUT2D eigenvalue weighted by Gasteiger charge is 2.07. The number of carbonyl (C=O) groups excluding carboxylic acids is 1. The summed E-state index contributed by atoms with van der Waals surface area (Å²) in [7, 11) is 0. The van der Waals surface area contributed by atoms with Crippen LogP contribution in [0.1, 0.15) is 19.2 Å². The summed E-state index contributed by atoms with van der Waals surface area (Å²) in [6, 6.07) is 0. The largest absolute Gasteiger partial charge is 0.425 e. The smallest absolute Gasteiger partial charge is 0.376 e. The third kappa shape index (κ3) is 2.03. The van der Waals surface area contributed by atoms with Gasteiger partial charge in [-0.15, -0.1) is 0 Å². The Morgan fingerprint density at radius 1 is 1.73 bits per heavy atom. The van der Waals surface area contributed by atoms with Crippen molar-refractivity contribution in [1.29, 1.82) is 0 Å². The van der Waals surface area contributed by atoms with Gasteiger partial charge in [-0.25, -0.2) is 0 Å². The van der Waals surface area contributed by atoms with E-state index in [1.807, 2.05) is 0 Å². The number of aromatic nitrogens is 2. The van der Waals surface area contributed by atoms with Crippen LogP contribution in [-0.4, -0.2) is 16.1 Å². The minimum Gasteiger partial charge on any atom is -0.376 e. The number of hydrogen-bond donors (Lipinski definition) is 0. The normalized spacial score (nSPS) is 9.64. The minimum absolute atomic E-state index is 0.0886. The van der Waals surface area contributed by atoms with Gasteiger partial charge in [-0.3, -0.25) is 9.32 Å². The van der Waals surface area contributed by atoms with Gasteiger partial charge in [0.2, 0.25) is 0 Å². The van der Waals surface area contributed by atoms with Gasteiger partial charge in [-0.2, -0.15) is 4.98 Å². The van der Waals surface area contributed by atoms with Crippen molar-refractivity contribution < 1.29 is 14.1 Å². The molecule has 60 valence electrons. The van der Waals surface area contributed by atoms with Crippen LogP contribution in [-0.2, 0) is 4.79 Å². The molecule has 0 saturated heterocycles. The molecule has 0 aliphatic heterocycles. The SMILES string of the molecule is CCC(=O)Oc1nc(C)no1. The van der Waals surface area contributed by atoms with Crippen molar-refractivity contribution in [1.82, 2.24) is 10.1 Å². The molecule has 0 fully saturated rings. The number of esters is 1. The highest BCUT2D eigenvalue weighted by molar-refractivity contribution is 5.70. The van der Waals surface area contributed by atoms with Gasteiger partial charge in [0.1, 0.15) is 0 Å². The van der Waals surface area contributed by atoms with E-state index in [9.17, 15) is 4.79 Å². The fourth-order valence-electron chi connectivity index (χ4n) is 0.489. The highest BCUT2D eigenvalue weighted by Crippen LogP contribution is 2.05. The number of carbonyl (C=O) groups is 1. The number of aryl methyl sites for hydroxylation is 1. The molecule has 1 aromatic rings. The lowest BCUT2D eigenvalue weighted by molar-refractivity contribution is -0.135. The summed E-state index contributed by atoms with van der Waals surface area (Å²) in [6.07, 6.45) is 0.205. The maximum atomic E-state index is 10.6. The predicted molar refractivity (Wildman–Crippen MR) is 35.0 cm³/mol. The van der Waals surface area contributed by atoms with Gasteiger partial charge in [-0.1, -0.05) is 12.1 Å². The van der Waals surface area contributed by atoms with Crippen LogP contribution in [0.3, 0.4) is 0 Å². The van der Waals surface area contributed by atoms with Crippen LogP contribution in [0.5, 0.6) is 6.08 Å². The van der Waals surface area contributed by atoms with E-state index in [0.717, 1.165) is 0 Å². The van der Waals surface area contributed by atoms with Crippen molar-refractivity contribution in [2.24, 2.45) is 0 Å².